The maximum atomic E-state index is 6.81. The Morgan fingerprint density at radius 1 is 0.311 bits per heavy atom. The monoisotopic (exact) mass is 777 g/mol. The summed E-state index contributed by atoms with van der Waals surface area (Å²) in [7, 11) is 0. The second-order valence-electron chi connectivity index (χ2n) is 16.1. The first-order chi connectivity index (χ1) is 30.2. The van der Waals surface area contributed by atoms with Crippen LogP contribution in [-0.4, -0.2) is 0 Å². The predicted octanol–water partition coefficient (Wildman–Crippen LogP) is 15.9. The van der Waals surface area contributed by atoms with E-state index in [1.54, 1.807) is 0 Å². The topological polar surface area (TPSA) is 16.4 Å². The van der Waals surface area contributed by atoms with Crippen LogP contribution < -0.4 is 4.90 Å². The lowest BCUT2D eigenvalue weighted by Crippen LogP contribution is -2.28. The van der Waals surface area contributed by atoms with Crippen LogP contribution in [0.3, 0.4) is 0 Å². The van der Waals surface area contributed by atoms with E-state index in [1.165, 1.54) is 60.8 Å². The zero-order valence-corrected chi connectivity index (χ0v) is 33.4. The van der Waals surface area contributed by atoms with Gasteiger partial charge in [0.2, 0.25) is 0 Å². The number of rotatable bonds is 7. The first kappa shape index (κ1) is 35.0. The minimum atomic E-state index is -0.526. The van der Waals surface area contributed by atoms with Gasteiger partial charge in [-0.2, -0.15) is 0 Å². The van der Waals surface area contributed by atoms with Crippen LogP contribution in [0.4, 0.5) is 17.1 Å². The van der Waals surface area contributed by atoms with Gasteiger partial charge in [-0.05, 0) is 127 Å². The van der Waals surface area contributed by atoms with Crippen molar-refractivity contribution >= 4 is 49.8 Å². The summed E-state index contributed by atoms with van der Waals surface area (Å²) in [5.74, 6) is 0. The molecule has 1 aliphatic rings. The molecule has 1 aromatic heterocycles. The van der Waals surface area contributed by atoms with Gasteiger partial charge < -0.3 is 9.32 Å². The van der Waals surface area contributed by atoms with E-state index < -0.39 is 5.41 Å². The number of furan rings is 1. The molecule has 1 atom stereocenters. The molecule has 61 heavy (non-hydrogen) atoms. The minimum Gasteiger partial charge on any atom is -0.456 e. The molecule has 0 saturated carbocycles. The normalized spacial score (nSPS) is 14.3. The number of anilines is 3. The van der Waals surface area contributed by atoms with Gasteiger partial charge in [0.05, 0.1) is 5.41 Å². The van der Waals surface area contributed by atoms with Gasteiger partial charge in [-0.25, -0.2) is 0 Å². The van der Waals surface area contributed by atoms with Crippen LogP contribution in [0.15, 0.2) is 241 Å². The van der Waals surface area contributed by atoms with Crippen molar-refractivity contribution in [2.75, 3.05) is 4.90 Å². The molecule has 0 radical (unpaired) electrons. The first-order valence-electron chi connectivity index (χ1n) is 21.0. The second-order valence-corrected chi connectivity index (χ2v) is 16.1. The SMILES string of the molecule is c1ccc(-c2ccc(N(c3cccc(-c4ccccc4)c3)c3ccc4c(c3)oc3ccc(C5(c6ccccc6)c6ccccc6-c6cc7ccccc7cc65)cc34)cc2)cc1. The molecule has 2 nitrogen and oxygen atoms in total. The fourth-order valence-electron chi connectivity index (χ4n) is 9.91. The van der Waals surface area contributed by atoms with Gasteiger partial charge in [-0.3, -0.25) is 0 Å². The van der Waals surface area contributed by atoms with Gasteiger partial charge in [0.25, 0.3) is 0 Å². The minimum absolute atomic E-state index is 0.526. The number of hydrogen-bond donors (Lipinski definition) is 0. The van der Waals surface area contributed by atoms with Gasteiger partial charge in [0.15, 0.2) is 0 Å². The lowest BCUT2D eigenvalue weighted by atomic mass is 9.67. The van der Waals surface area contributed by atoms with Crippen molar-refractivity contribution in [2.45, 2.75) is 5.41 Å². The van der Waals surface area contributed by atoms with E-state index in [2.05, 4.69) is 241 Å². The highest BCUT2D eigenvalue weighted by molar-refractivity contribution is 6.07. The van der Waals surface area contributed by atoms with Crippen molar-refractivity contribution in [3.05, 3.63) is 259 Å². The lowest BCUT2D eigenvalue weighted by molar-refractivity contribution is 0.668. The molecule has 10 aromatic carbocycles. The van der Waals surface area contributed by atoms with Crippen molar-refractivity contribution in [3.63, 3.8) is 0 Å². The summed E-state index contributed by atoms with van der Waals surface area (Å²) in [6.45, 7) is 0. The fraction of sp³-hybridized carbons (Fsp3) is 0.0169. The zero-order valence-electron chi connectivity index (χ0n) is 33.4. The smallest absolute Gasteiger partial charge is 0.137 e. The number of benzene rings is 10. The van der Waals surface area contributed by atoms with Gasteiger partial charge in [-0.1, -0.05) is 170 Å². The Kier molecular flexibility index (Phi) is 8.11. The van der Waals surface area contributed by atoms with E-state index in [1.807, 2.05) is 0 Å². The van der Waals surface area contributed by atoms with E-state index >= 15 is 0 Å². The number of hydrogen-bond acceptors (Lipinski definition) is 2. The zero-order chi connectivity index (χ0) is 40.3. The van der Waals surface area contributed by atoms with Crippen molar-refractivity contribution in [2.24, 2.45) is 0 Å². The largest absolute Gasteiger partial charge is 0.456 e. The molecule has 0 bridgehead atoms. The van der Waals surface area contributed by atoms with Gasteiger partial charge in [0.1, 0.15) is 11.2 Å². The molecule has 0 N–H and O–H groups in total. The summed E-state index contributed by atoms with van der Waals surface area (Å²) in [6, 6.07) is 85.9. The van der Waals surface area contributed by atoms with Crippen LogP contribution in [0.1, 0.15) is 22.3 Å². The molecule has 2 heteroatoms. The standard InChI is InChI=1S/C59H39NO/c1-4-15-40(16-5-1)42-27-30-48(31-28-42)60(49-24-14-21-43(35-49)41-17-6-2-7-18-41)50-32-33-52-54-38-47(29-34-57(54)61-58(52)39-50)59(46-22-8-3-9-23-46)55-26-13-12-25-51(55)53-36-44-19-10-11-20-45(44)37-56(53)59/h1-39H. The Balaban J connectivity index is 1.03. The van der Waals surface area contributed by atoms with E-state index in [9.17, 15) is 0 Å². The molecule has 286 valence electrons. The summed E-state index contributed by atoms with van der Waals surface area (Å²) in [5, 5.41) is 4.68. The molecule has 11 aromatic rings. The van der Waals surface area contributed by atoms with Crippen LogP contribution in [0.25, 0.3) is 66.1 Å². The number of nitrogens with zero attached hydrogens (tertiary/aromatic N) is 1. The van der Waals surface area contributed by atoms with E-state index in [0.29, 0.717) is 0 Å². The van der Waals surface area contributed by atoms with Crippen LogP contribution in [0, 0.1) is 0 Å². The Labute approximate surface area is 355 Å². The molecule has 12 rings (SSSR count). The van der Waals surface area contributed by atoms with Crippen LogP contribution in [-0.2, 0) is 5.41 Å². The molecule has 1 unspecified atom stereocenters. The van der Waals surface area contributed by atoms with Crippen molar-refractivity contribution in [1.82, 2.24) is 0 Å². The first-order valence-corrected chi connectivity index (χ1v) is 21.0. The predicted molar refractivity (Wildman–Crippen MR) is 254 cm³/mol. The quantitative estimate of drug-likeness (QED) is 0.160. The average Bonchev–Trinajstić information content (AvgIpc) is 3.84. The van der Waals surface area contributed by atoms with Gasteiger partial charge in [0, 0.05) is 33.9 Å². The molecular formula is C59H39NO. The highest BCUT2D eigenvalue weighted by Crippen LogP contribution is 2.57. The van der Waals surface area contributed by atoms with Crippen molar-refractivity contribution < 1.29 is 4.42 Å². The third-order valence-electron chi connectivity index (χ3n) is 12.7. The second kappa shape index (κ2) is 14.1. The molecule has 0 saturated heterocycles. The van der Waals surface area contributed by atoms with E-state index in [0.717, 1.165) is 44.6 Å². The van der Waals surface area contributed by atoms with Crippen LogP contribution >= 0.6 is 0 Å². The maximum absolute atomic E-state index is 6.81. The van der Waals surface area contributed by atoms with Crippen molar-refractivity contribution in [3.8, 4) is 33.4 Å². The molecular weight excluding hydrogens is 739 g/mol. The Morgan fingerprint density at radius 3 is 1.69 bits per heavy atom. The summed E-state index contributed by atoms with van der Waals surface area (Å²) in [4.78, 5) is 2.33. The van der Waals surface area contributed by atoms with Gasteiger partial charge in [-0.15, -0.1) is 0 Å². The van der Waals surface area contributed by atoms with E-state index in [-0.39, 0.29) is 0 Å². The van der Waals surface area contributed by atoms with Crippen molar-refractivity contribution in [1.29, 1.82) is 0 Å². The maximum Gasteiger partial charge on any atom is 0.137 e. The average molecular weight is 778 g/mol. The summed E-state index contributed by atoms with van der Waals surface area (Å²) in [6.07, 6.45) is 0. The third kappa shape index (κ3) is 5.64. The van der Waals surface area contributed by atoms with Crippen LogP contribution in [0.5, 0.6) is 0 Å². The number of fused-ring (bicyclic) bond motifs is 7. The molecule has 0 aliphatic heterocycles. The molecule has 0 amide bonds. The molecule has 1 heterocycles. The Hall–Kier alpha value is -7.94. The van der Waals surface area contributed by atoms with Crippen LogP contribution in [0.2, 0.25) is 0 Å². The fourth-order valence-corrected chi connectivity index (χ4v) is 9.91. The van der Waals surface area contributed by atoms with Gasteiger partial charge >= 0.3 is 0 Å². The Bertz CT molecular complexity index is 3410. The highest BCUT2D eigenvalue weighted by Gasteiger charge is 2.46. The summed E-state index contributed by atoms with van der Waals surface area (Å²) in [5.41, 5.74) is 16.7. The third-order valence-corrected chi connectivity index (χ3v) is 12.7. The molecule has 0 fully saturated rings. The van der Waals surface area contributed by atoms with E-state index in [4.69, 9.17) is 4.42 Å². The summed E-state index contributed by atoms with van der Waals surface area (Å²) < 4.78 is 6.81. The summed E-state index contributed by atoms with van der Waals surface area (Å²) >= 11 is 0. The Morgan fingerprint density at radius 2 is 0.918 bits per heavy atom. The molecule has 0 spiro atoms. The highest BCUT2D eigenvalue weighted by atomic mass is 16.3. The molecule has 1 aliphatic carbocycles. The lowest BCUT2D eigenvalue weighted by Gasteiger charge is -2.34.